The van der Waals surface area contributed by atoms with Gasteiger partial charge < -0.3 is 53.3 Å². The van der Waals surface area contributed by atoms with Gasteiger partial charge in [0.2, 0.25) is 11.8 Å². The van der Waals surface area contributed by atoms with Gasteiger partial charge >= 0.3 is 11.9 Å². The Balaban J connectivity index is 1.35. The largest absolute Gasteiger partial charge is 0.461 e. The number of amides is 2. The predicted molar refractivity (Wildman–Crippen MR) is 207 cm³/mol. The smallest absolute Gasteiger partial charge is 0.328 e. The lowest BCUT2D eigenvalue weighted by atomic mass is 10.1. The molecule has 0 aliphatic carbocycles. The summed E-state index contributed by atoms with van der Waals surface area (Å²) in [6.07, 6.45) is 1.41. The zero-order valence-corrected chi connectivity index (χ0v) is 33.4. The van der Waals surface area contributed by atoms with Crippen molar-refractivity contribution in [3.05, 3.63) is 83.7 Å². The molecule has 1 heterocycles. The van der Waals surface area contributed by atoms with Gasteiger partial charge in [0, 0.05) is 20.5 Å². The number of rotatable bonds is 33. The molecular weight excluding hydrogens is 758 g/mol. The molecule has 1 aromatic heterocycles. The fourth-order valence-electron chi connectivity index (χ4n) is 4.93. The van der Waals surface area contributed by atoms with Gasteiger partial charge in [-0.25, -0.2) is 9.48 Å². The molecule has 3 rings (SSSR count). The zero-order valence-electron chi connectivity index (χ0n) is 33.4. The molecule has 0 spiro atoms. The molecule has 0 bridgehead atoms. The second-order valence-corrected chi connectivity index (χ2v) is 12.6. The number of nitrogens with zero attached hydrogens (tertiary/aromatic N) is 3. The van der Waals surface area contributed by atoms with E-state index in [-0.39, 0.29) is 39.3 Å². The Morgan fingerprint density at radius 2 is 1.17 bits per heavy atom. The summed E-state index contributed by atoms with van der Waals surface area (Å²) in [5.74, 6) is -2.49. The van der Waals surface area contributed by atoms with Gasteiger partial charge in [-0.3, -0.25) is 14.4 Å². The van der Waals surface area contributed by atoms with E-state index in [1.807, 2.05) is 36.4 Å². The first kappa shape index (κ1) is 47.6. The summed E-state index contributed by atoms with van der Waals surface area (Å²) in [6.45, 7) is 6.63. The number of hydrogen-bond donors (Lipinski definition) is 2. The lowest BCUT2D eigenvalue weighted by Crippen LogP contribution is -2.53. The van der Waals surface area contributed by atoms with Crippen molar-refractivity contribution in [3.63, 3.8) is 0 Å². The SMILES string of the molecule is COCCOCCOCCOCCOCCOCCn1cc(COC[C@H](NC(C)=O)C(=O)N[C@H](CCC(=O)OCc2ccccc2)C(=O)OCc2ccccc2)nn1. The summed E-state index contributed by atoms with van der Waals surface area (Å²) in [5.41, 5.74) is 2.04. The van der Waals surface area contributed by atoms with Crippen LogP contribution >= 0.6 is 0 Å². The third kappa shape index (κ3) is 22.2. The molecule has 0 saturated heterocycles. The topological polar surface area (TPSA) is 206 Å². The average Bonchev–Trinajstić information content (AvgIpc) is 3.69. The summed E-state index contributed by atoms with van der Waals surface area (Å²) in [6, 6.07) is 15.8. The molecule has 0 saturated carbocycles. The third-order valence-electron chi connectivity index (χ3n) is 7.90. The fraction of sp³-hybridized carbons (Fsp3) is 0.550. The minimum Gasteiger partial charge on any atom is -0.461 e. The first-order valence-electron chi connectivity index (χ1n) is 19.2. The second kappa shape index (κ2) is 30.3. The van der Waals surface area contributed by atoms with Crippen LogP contribution in [0.3, 0.4) is 0 Å². The van der Waals surface area contributed by atoms with E-state index >= 15 is 0 Å². The molecule has 3 aromatic rings. The maximum absolute atomic E-state index is 13.4. The van der Waals surface area contributed by atoms with Crippen molar-refractivity contribution in [2.24, 2.45) is 0 Å². The Bertz CT molecular complexity index is 1560. The number of esters is 2. The van der Waals surface area contributed by atoms with Gasteiger partial charge in [0.25, 0.3) is 0 Å². The van der Waals surface area contributed by atoms with E-state index in [1.54, 1.807) is 42.3 Å². The summed E-state index contributed by atoms with van der Waals surface area (Å²) < 4.78 is 50.3. The molecule has 2 amide bonds. The second-order valence-electron chi connectivity index (χ2n) is 12.6. The normalized spacial score (nSPS) is 12.1. The van der Waals surface area contributed by atoms with Gasteiger partial charge in [-0.2, -0.15) is 0 Å². The van der Waals surface area contributed by atoms with Crippen LogP contribution in [0.2, 0.25) is 0 Å². The van der Waals surface area contributed by atoms with Gasteiger partial charge in [0.1, 0.15) is 31.0 Å². The Labute approximate surface area is 339 Å². The molecule has 0 fully saturated rings. The molecule has 0 unspecified atom stereocenters. The van der Waals surface area contributed by atoms with E-state index in [0.717, 1.165) is 11.1 Å². The Morgan fingerprint density at radius 3 is 1.72 bits per heavy atom. The Morgan fingerprint density at radius 1 is 0.638 bits per heavy atom. The van der Waals surface area contributed by atoms with Crippen molar-refractivity contribution in [3.8, 4) is 0 Å². The lowest BCUT2D eigenvalue weighted by molar-refractivity contribution is -0.151. The number of benzene rings is 2. The molecular formula is C40H57N5O13. The number of nitrogens with one attached hydrogen (secondary N) is 2. The van der Waals surface area contributed by atoms with E-state index in [9.17, 15) is 19.2 Å². The van der Waals surface area contributed by atoms with Gasteiger partial charge in [0.15, 0.2) is 0 Å². The minimum atomic E-state index is -1.21. The molecule has 320 valence electrons. The molecule has 0 aliphatic heterocycles. The highest BCUT2D eigenvalue weighted by Gasteiger charge is 2.28. The van der Waals surface area contributed by atoms with Gasteiger partial charge in [-0.15, -0.1) is 5.10 Å². The van der Waals surface area contributed by atoms with Crippen molar-refractivity contribution in [2.75, 3.05) is 86.4 Å². The van der Waals surface area contributed by atoms with Crippen LogP contribution in [0.15, 0.2) is 66.9 Å². The van der Waals surface area contributed by atoms with Crippen LogP contribution in [-0.4, -0.2) is 137 Å². The van der Waals surface area contributed by atoms with Crippen LogP contribution in [0, 0.1) is 0 Å². The molecule has 18 heteroatoms. The molecule has 2 atom stereocenters. The van der Waals surface area contributed by atoms with E-state index in [0.29, 0.717) is 84.9 Å². The van der Waals surface area contributed by atoms with Gasteiger partial charge in [-0.1, -0.05) is 65.9 Å². The van der Waals surface area contributed by atoms with Crippen LogP contribution < -0.4 is 10.6 Å². The van der Waals surface area contributed by atoms with Gasteiger partial charge in [0.05, 0.1) is 98.6 Å². The van der Waals surface area contributed by atoms with Crippen molar-refractivity contribution in [1.82, 2.24) is 25.6 Å². The first-order valence-corrected chi connectivity index (χ1v) is 19.2. The van der Waals surface area contributed by atoms with Crippen LogP contribution in [-0.2, 0) is 88.2 Å². The molecule has 0 radical (unpaired) electrons. The summed E-state index contributed by atoms with van der Waals surface area (Å²) in [5, 5.41) is 13.3. The number of ether oxygens (including phenoxy) is 9. The van der Waals surface area contributed by atoms with Gasteiger partial charge in [-0.05, 0) is 17.5 Å². The average molecular weight is 816 g/mol. The van der Waals surface area contributed by atoms with E-state index in [2.05, 4.69) is 20.9 Å². The third-order valence-corrected chi connectivity index (χ3v) is 7.90. The summed E-state index contributed by atoms with van der Waals surface area (Å²) >= 11 is 0. The summed E-state index contributed by atoms with van der Waals surface area (Å²) in [7, 11) is 1.63. The van der Waals surface area contributed by atoms with E-state index in [4.69, 9.17) is 42.6 Å². The maximum Gasteiger partial charge on any atom is 0.328 e. The highest BCUT2D eigenvalue weighted by atomic mass is 16.6. The number of carbonyl (C=O) groups is 4. The van der Waals surface area contributed by atoms with Crippen LogP contribution in [0.4, 0.5) is 0 Å². The van der Waals surface area contributed by atoms with Crippen LogP contribution in [0.5, 0.6) is 0 Å². The highest BCUT2D eigenvalue weighted by molar-refractivity contribution is 5.90. The standard InChI is InChI=1S/C40H57N5O13/c1-32(46)41-37(31-56-30-35-27-45(44-43-35)15-16-51-19-20-53-23-24-55-26-25-54-22-21-52-18-17-50-2)39(48)42-36(40(49)58-29-34-11-7-4-8-12-34)13-14-38(47)57-28-33-9-5-3-6-10-33/h3-12,27,36-37H,13-26,28-31H2,1-2H3,(H,41,46)(H,42,48)/t36-,37+/m1/s1. The minimum absolute atomic E-state index is 0.00858. The lowest BCUT2D eigenvalue weighted by Gasteiger charge is -2.22. The van der Waals surface area contributed by atoms with Crippen molar-refractivity contribution >= 4 is 23.8 Å². The number of carbonyl (C=O) groups excluding carboxylic acids is 4. The Kier molecular flexibility index (Phi) is 24.8. The molecule has 2 N–H and O–H groups in total. The predicted octanol–water partition coefficient (Wildman–Crippen LogP) is 1.78. The monoisotopic (exact) mass is 815 g/mol. The maximum atomic E-state index is 13.4. The van der Waals surface area contributed by atoms with Crippen LogP contribution in [0.1, 0.15) is 36.6 Å². The highest BCUT2D eigenvalue weighted by Crippen LogP contribution is 2.09. The molecule has 58 heavy (non-hydrogen) atoms. The number of hydrogen-bond acceptors (Lipinski definition) is 15. The quantitative estimate of drug-likeness (QED) is 0.0664. The number of methoxy groups -OCH3 is 1. The Hall–Kier alpha value is -4.82. The summed E-state index contributed by atoms with van der Waals surface area (Å²) in [4.78, 5) is 51.1. The van der Waals surface area contributed by atoms with Crippen molar-refractivity contribution in [2.45, 2.75) is 58.2 Å². The van der Waals surface area contributed by atoms with E-state index < -0.39 is 35.8 Å². The molecule has 0 aliphatic rings. The van der Waals surface area contributed by atoms with Crippen molar-refractivity contribution < 1.29 is 61.8 Å². The fourth-order valence-corrected chi connectivity index (χ4v) is 4.93. The molecule has 2 aromatic carbocycles. The van der Waals surface area contributed by atoms with E-state index in [1.165, 1.54) is 6.92 Å². The van der Waals surface area contributed by atoms with Crippen LogP contribution in [0.25, 0.3) is 0 Å². The first-order chi connectivity index (χ1) is 28.3. The molecule has 18 nitrogen and oxygen atoms in total. The van der Waals surface area contributed by atoms with Crippen molar-refractivity contribution in [1.29, 1.82) is 0 Å². The zero-order chi connectivity index (χ0) is 41.5. The number of aromatic nitrogens is 3.